The molecule has 8 atom stereocenters. The minimum atomic E-state index is -2.06. The average molecular weight is 530 g/mol. The summed E-state index contributed by atoms with van der Waals surface area (Å²) in [6.45, 7) is 14.8. The van der Waals surface area contributed by atoms with E-state index in [9.17, 15) is 10.2 Å². The van der Waals surface area contributed by atoms with Gasteiger partial charge in [0.2, 0.25) is 0 Å². The summed E-state index contributed by atoms with van der Waals surface area (Å²) in [6, 6.07) is 9.99. The molecule has 2 aliphatic rings. The van der Waals surface area contributed by atoms with E-state index in [1.165, 1.54) is 0 Å². The van der Waals surface area contributed by atoms with E-state index >= 15 is 0 Å². The molecule has 1 aromatic rings. The van der Waals surface area contributed by atoms with E-state index in [0.29, 0.717) is 0 Å². The topological polar surface area (TPSA) is 77.4 Å². The van der Waals surface area contributed by atoms with Gasteiger partial charge in [-0.25, -0.2) is 0 Å². The molecule has 0 bridgehead atoms. The van der Waals surface area contributed by atoms with Crippen molar-refractivity contribution in [3.05, 3.63) is 42.7 Å². The summed E-state index contributed by atoms with van der Waals surface area (Å²) in [4.78, 5) is -0.359. The zero-order chi connectivity index (χ0) is 23.7. The van der Waals surface area contributed by atoms with E-state index < -0.39 is 32.9 Å². The summed E-state index contributed by atoms with van der Waals surface area (Å²) in [5, 5.41) is 21.5. The molecule has 6 nitrogen and oxygen atoms in total. The van der Waals surface area contributed by atoms with Crippen LogP contribution in [0.2, 0.25) is 22.9 Å². The molecule has 32 heavy (non-hydrogen) atoms. The van der Waals surface area contributed by atoms with Crippen LogP contribution >= 0.6 is 0 Å². The first-order chi connectivity index (χ1) is 14.9. The number of benzene rings is 1. The number of aliphatic hydroxyl groups is 2. The Bertz CT molecular complexity index is 768. The van der Waals surface area contributed by atoms with Gasteiger partial charge in [-0.2, -0.15) is 0 Å². The number of aliphatic hydroxyl groups excluding tert-OH is 2. The molecule has 0 spiro atoms. The molecule has 0 unspecified atom stereocenters. The fourth-order valence-corrected chi connectivity index (χ4v) is 7.26. The predicted octanol–water partition coefficient (Wildman–Crippen LogP) is 2.98. The normalized spacial score (nSPS) is 36.0. The zero-order valence-electron chi connectivity index (χ0n) is 20.1. The Morgan fingerprint density at radius 3 is 2.28 bits per heavy atom. The quantitative estimate of drug-likeness (QED) is 0.552. The molecule has 0 amide bonds. The molecular weight excluding hydrogens is 491 g/mol. The summed E-state index contributed by atoms with van der Waals surface area (Å²) in [5.74, 6) is 0. The van der Waals surface area contributed by atoms with Crippen LogP contribution in [-0.4, -0.2) is 76.4 Å². The third-order valence-electron chi connectivity index (χ3n) is 6.68. The summed E-state index contributed by atoms with van der Waals surface area (Å²) < 4.78 is 26.2. The van der Waals surface area contributed by atoms with Crippen LogP contribution in [0.5, 0.6) is 0 Å². The summed E-state index contributed by atoms with van der Waals surface area (Å²) in [5.41, 5.74) is 0. The van der Waals surface area contributed by atoms with Gasteiger partial charge in [0, 0.05) is 0 Å². The zero-order valence-corrected chi connectivity index (χ0v) is 22.8. The van der Waals surface area contributed by atoms with E-state index in [1.807, 2.05) is 43.3 Å². The Balaban J connectivity index is 1.83. The van der Waals surface area contributed by atoms with Crippen LogP contribution in [0, 0.1) is 0 Å². The Hall–Kier alpha value is -0.704. The molecule has 180 valence electrons. The molecule has 1 fully saturated rings. The van der Waals surface area contributed by atoms with Crippen molar-refractivity contribution in [2.75, 3.05) is 0 Å². The first kappa shape index (κ1) is 25.9. The molecular formula is C24H38O6SeSi. The fourth-order valence-electron chi connectivity index (χ4n) is 3.56. The van der Waals surface area contributed by atoms with Gasteiger partial charge in [-0.15, -0.1) is 0 Å². The summed E-state index contributed by atoms with van der Waals surface area (Å²) in [6.07, 6.45) is -0.373. The number of hydrogen-bond acceptors (Lipinski definition) is 6. The van der Waals surface area contributed by atoms with Crippen molar-refractivity contribution in [2.24, 2.45) is 0 Å². The third-order valence-corrected chi connectivity index (χ3v) is 13.9. The SMILES string of the molecule is C[C@@H]1O[C@H](O[C@H]2[C@H](C)OC=C[C@@H]2O[Si](C)(C)C(C)(C)C)[C@@H]([Se]c2ccccc2)[C@H](O)[C@H]1O. The fraction of sp³-hybridized carbons (Fsp3) is 0.667. The third kappa shape index (κ3) is 5.85. The van der Waals surface area contributed by atoms with Crippen LogP contribution in [0.3, 0.4) is 0 Å². The van der Waals surface area contributed by atoms with Gasteiger partial charge in [0.05, 0.1) is 0 Å². The van der Waals surface area contributed by atoms with Crippen molar-refractivity contribution in [2.45, 2.75) is 100 Å². The van der Waals surface area contributed by atoms with Crippen molar-refractivity contribution in [1.29, 1.82) is 0 Å². The molecule has 2 N–H and O–H groups in total. The van der Waals surface area contributed by atoms with Gasteiger partial charge in [-0.3, -0.25) is 0 Å². The van der Waals surface area contributed by atoms with E-state index in [1.54, 1.807) is 13.2 Å². The van der Waals surface area contributed by atoms with Crippen molar-refractivity contribution in [3.63, 3.8) is 0 Å². The van der Waals surface area contributed by atoms with Crippen LogP contribution in [0.1, 0.15) is 34.6 Å². The maximum absolute atomic E-state index is 10.9. The maximum atomic E-state index is 10.9. The second-order valence-corrected chi connectivity index (χ2v) is 17.6. The molecule has 1 saturated heterocycles. The number of rotatable bonds is 6. The molecule has 2 heterocycles. The van der Waals surface area contributed by atoms with Crippen LogP contribution < -0.4 is 4.46 Å². The second kappa shape index (κ2) is 10.3. The molecule has 1 aromatic carbocycles. The molecule has 0 aromatic heterocycles. The van der Waals surface area contributed by atoms with E-state index in [2.05, 4.69) is 33.9 Å². The predicted molar refractivity (Wildman–Crippen MR) is 129 cm³/mol. The molecule has 0 radical (unpaired) electrons. The van der Waals surface area contributed by atoms with Crippen molar-refractivity contribution >= 4 is 27.7 Å². The first-order valence-corrected chi connectivity index (χ1v) is 16.0. The molecule has 0 aliphatic carbocycles. The molecule has 0 saturated carbocycles. The van der Waals surface area contributed by atoms with Gasteiger partial charge in [0.1, 0.15) is 0 Å². The molecule has 2 aliphatic heterocycles. The Morgan fingerprint density at radius 2 is 1.66 bits per heavy atom. The van der Waals surface area contributed by atoms with E-state index in [-0.39, 0.29) is 43.1 Å². The van der Waals surface area contributed by atoms with Crippen molar-refractivity contribution in [1.82, 2.24) is 0 Å². The van der Waals surface area contributed by atoms with Gasteiger partial charge in [0.25, 0.3) is 0 Å². The van der Waals surface area contributed by atoms with Gasteiger partial charge >= 0.3 is 200 Å². The van der Waals surface area contributed by atoms with Crippen LogP contribution in [-0.2, 0) is 18.6 Å². The van der Waals surface area contributed by atoms with E-state index in [4.69, 9.17) is 18.6 Å². The van der Waals surface area contributed by atoms with Gasteiger partial charge in [-0.05, 0) is 0 Å². The Morgan fingerprint density at radius 1 is 1.00 bits per heavy atom. The summed E-state index contributed by atoms with van der Waals surface area (Å²) in [7, 11) is -2.06. The van der Waals surface area contributed by atoms with Crippen molar-refractivity contribution in [3.8, 4) is 0 Å². The molecule has 8 heteroatoms. The standard InChI is InChI=1S/C24H38O6SeSi/c1-15-19(25)20(26)22(31-17-11-9-8-10-12-17)23(28-15)29-21-16(2)27-14-13-18(21)30-32(6,7)24(3,4)5/h8-16,18-23,25-26H,1-7H3/t15-,16-,18-,19-,20+,21-,22-,23+/m0/s1. The average Bonchev–Trinajstić information content (AvgIpc) is 2.71. The Labute approximate surface area is 199 Å². The van der Waals surface area contributed by atoms with Gasteiger partial charge in [-0.1, -0.05) is 0 Å². The van der Waals surface area contributed by atoms with Crippen LogP contribution in [0.15, 0.2) is 42.7 Å². The number of hydrogen-bond donors (Lipinski definition) is 2. The van der Waals surface area contributed by atoms with Gasteiger partial charge < -0.3 is 0 Å². The minimum absolute atomic E-state index is 0.0576. The first-order valence-electron chi connectivity index (χ1n) is 11.3. The van der Waals surface area contributed by atoms with E-state index in [0.717, 1.165) is 4.46 Å². The number of ether oxygens (including phenoxy) is 3. The van der Waals surface area contributed by atoms with Crippen LogP contribution in [0.25, 0.3) is 0 Å². The van der Waals surface area contributed by atoms with Crippen LogP contribution in [0.4, 0.5) is 0 Å². The summed E-state index contributed by atoms with van der Waals surface area (Å²) >= 11 is -0.156. The molecule has 3 rings (SSSR count). The second-order valence-electron chi connectivity index (χ2n) is 10.2. The monoisotopic (exact) mass is 530 g/mol. The van der Waals surface area contributed by atoms with Crippen molar-refractivity contribution < 1.29 is 28.8 Å². The van der Waals surface area contributed by atoms with Gasteiger partial charge in [0.15, 0.2) is 0 Å². The Kier molecular flexibility index (Phi) is 8.32.